The fourth-order valence-electron chi connectivity index (χ4n) is 3.26. The van der Waals surface area contributed by atoms with Crippen LogP contribution in [0.25, 0.3) is 6.08 Å². The number of benzene rings is 2. The second-order valence-electron chi connectivity index (χ2n) is 6.21. The van der Waals surface area contributed by atoms with Gasteiger partial charge in [-0.3, -0.25) is 9.69 Å². The van der Waals surface area contributed by atoms with Crippen molar-refractivity contribution in [3.63, 3.8) is 0 Å². The summed E-state index contributed by atoms with van der Waals surface area (Å²) in [6.45, 7) is 1.72. The van der Waals surface area contributed by atoms with Crippen molar-refractivity contribution in [3.8, 4) is 11.5 Å². The van der Waals surface area contributed by atoms with Crippen molar-refractivity contribution in [1.29, 1.82) is 0 Å². The monoisotopic (exact) mass is 457 g/mol. The van der Waals surface area contributed by atoms with Crippen molar-refractivity contribution in [2.45, 2.75) is 6.92 Å². The lowest BCUT2D eigenvalue weighted by Crippen LogP contribution is -2.24. The van der Waals surface area contributed by atoms with Gasteiger partial charge in [0.25, 0.3) is 5.91 Å². The Labute approximate surface area is 177 Å². The first-order valence-electron chi connectivity index (χ1n) is 8.75. The summed E-state index contributed by atoms with van der Waals surface area (Å²) < 4.78 is 16.6. The molecule has 0 unspecified atom stereocenters. The van der Waals surface area contributed by atoms with Crippen molar-refractivity contribution in [2.24, 2.45) is 0 Å². The van der Waals surface area contributed by atoms with Crippen molar-refractivity contribution >= 4 is 39.6 Å². The molecular weight excluding hydrogens is 438 g/mol. The number of hydrogen-bond donors (Lipinski definition) is 0. The van der Waals surface area contributed by atoms with Crippen LogP contribution in [0.4, 0.5) is 5.69 Å². The average molecular weight is 458 g/mol. The minimum absolute atomic E-state index is 0.213. The number of nitrogens with zero attached hydrogens (tertiary/aromatic N) is 1. The Balaban J connectivity index is 2.18. The third-order valence-electron chi connectivity index (χ3n) is 4.61. The molecule has 3 rings (SSSR count). The SMILES string of the molecule is COC(=O)C1=C(C)N(c2ccc(Br)cc2)C(=O)/C1=C\c1cccc(OC)c1OC. The molecule has 0 spiro atoms. The third-order valence-corrected chi connectivity index (χ3v) is 5.14. The molecule has 0 aromatic heterocycles. The number of allylic oxidation sites excluding steroid dienone is 1. The van der Waals surface area contributed by atoms with Crippen molar-refractivity contribution in [1.82, 2.24) is 0 Å². The molecule has 0 atom stereocenters. The first kappa shape index (κ1) is 20.7. The van der Waals surface area contributed by atoms with Gasteiger partial charge in [0.1, 0.15) is 0 Å². The summed E-state index contributed by atoms with van der Waals surface area (Å²) in [5, 5.41) is 0. The summed E-state index contributed by atoms with van der Waals surface area (Å²) in [4.78, 5) is 27.3. The molecule has 0 saturated heterocycles. The van der Waals surface area contributed by atoms with Gasteiger partial charge in [-0.2, -0.15) is 0 Å². The highest BCUT2D eigenvalue weighted by Gasteiger charge is 2.38. The Morgan fingerprint density at radius 2 is 1.72 bits per heavy atom. The molecule has 0 N–H and O–H groups in total. The number of methoxy groups -OCH3 is 3. The lowest BCUT2D eigenvalue weighted by molar-refractivity contribution is -0.136. The number of carbonyl (C=O) groups is 2. The van der Waals surface area contributed by atoms with E-state index in [0.717, 1.165) is 4.47 Å². The average Bonchev–Trinajstić information content (AvgIpc) is 2.97. The predicted molar refractivity (Wildman–Crippen MR) is 114 cm³/mol. The number of amides is 1. The van der Waals surface area contributed by atoms with Crippen LogP contribution in [-0.4, -0.2) is 33.2 Å². The summed E-state index contributed by atoms with van der Waals surface area (Å²) in [7, 11) is 4.35. The molecule has 0 aliphatic carbocycles. The van der Waals surface area contributed by atoms with Gasteiger partial charge in [-0.05, 0) is 43.3 Å². The molecule has 0 saturated carbocycles. The molecule has 6 nitrogen and oxygen atoms in total. The third kappa shape index (κ3) is 3.78. The van der Waals surface area contributed by atoms with E-state index in [-0.39, 0.29) is 17.1 Å². The van der Waals surface area contributed by atoms with Gasteiger partial charge in [-0.25, -0.2) is 4.79 Å². The Morgan fingerprint density at radius 3 is 2.31 bits per heavy atom. The molecule has 29 heavy (non-hydrogen) atoms. The van der Waals surface area contributed by atoms with Gasteiger partial charge in [0.05, 0.1) is 32.5 Å². The highest BCUT2D eigenvalue weighted by Crippen LogP contribution is 2.38. The molecule has 1 heterocycles. The number of para-hydroxylation sites is 1. The standard InChI is InChI=1S/C22H20BrNO5/c1-13-19(22(26)29-4)17(12-14-6-5-7-18(27-2)20(14)28-3)21(25)24(13)16-10-8-15(23)9-11-16/h5-12H,1-4H3/b17-12-. The van der Waals surface area contributed by atoms with Crippen LogP contribution in [0, 0.1) is 0 Å². The van der Waals surface area contributed by atoms with Crippen molar-refractivity contribution < 1.29 is 23.8 Å². The number of hydrogen-bond acceptors (Lipinski definition) is 5. The quantitative estimate of drug-likeness (QED) is 0.493. The van der Waals surface area contributed by atoms with E-state index >= 15 is 0 Å². The Hall–Kier alpha value is -3.06. The molecule has 2 aromatic rings. The summed E-state index contributed by atoms with van der Waals surface area (Å²) in [5.41, 5.74) is 2.20. The van der Waals surface area contributed by atoms with Crippen LogP contribution in [0.3, 0.4) is 0 Å². The molecule has 0 radical (unpaired) electrons. The van der Waals surface area contributed by atoms with Crippen molar-refractivity contribution in [3.05, 3.63) is 69.3 Å². The highest BCUT2D eigenvalue weighted by atomic mass is 79.9. The van der Waals surface area contributed by atoms with Crippen LogP contribution in [0.2, 0.25) is 0 Å². The Kier molecular flexibility index (Phi) is 6.08. The number of halogens is 1. The zero-order chi connectivity index (χ0) is 21.1. The largest absolute Gasteiger partial charge is 0.493 e. The molecule has 150 valence electrons. The zero-order valence-corrected chi connectivity index (χ0v) is 18.1. The maximum Gasteiger partial charge on any atom is 0.340 e. The maximum atomic E-state index is 13.3. The lowest BCUT2D eigenvalue weighted by Gasteiger charge is -2.18. The fraction of sp³-hybridized carbons (Fsp3) is 0.182. The Bertz CT molecular complexity index is 1020. The summed E-state index contributed by atoms with van der Waals surface area (Å²) in [5.74, 6) is 0.0929. The molecule has 2 aromatic carbocycles. The van der Waals surface area contributed by atoms with E-state index in [0.29, 0.717) is 28.4 Å². The van der Waals surface area contributed by atoms with Gasteiger partial charge >= 0.3 is 5.97 Å². The van der Waals surface area contributed by atoms with Gasteiger partial charge in [0.15, 0.2) is 11.5 Å². The van der Waals surface area contributed by atoms with E-state index in [9.17, 15) is 9.59 Å². The second kappa shape index (κ2) is 8.53. The van der Waals surface area contributed by atoms with Gasteiger partial charge in [-0.1, -0.05) is 28.1 Å². The molecule has 1 aliphatic rings. The van der Waals surface area contributed by atoms with Crippen LogP contribution >= 0.6 is 15.9 Å². The number of carbonyl (C=O) groups excluding carboxylic acids is 2. The van der Waals surface area contributed by atoms with Crippen LogP contribution < -0.4 is 14.4 Å². The molecule has 1 aliphatic heterocycles. The van der Waals surface area contributed by atoms with E-state index in [1.54, 1.807) is 43.3 Å². The molecule has 0 fully saturated rings. The maximum absolute atomic E-state index is 13.3. The van der Waals surface area contributed by atoms with E-state index in [2.05, 4.69) is 15.9 Å². The number of esters is 1. The fourth-order valence-corrected chi connectivity index (χ4v) is 3.53. The van der Waals surface area contributed by atoms with Crippen LogP contribution in [0.1, 0.15) is 12.5 Å². The smallest absolute Gasteiger partial charge is 0.340 e. The zero-order valence-electron chi connectivity index (χ0n) is 16.5. The highest BCUT2D eigenvalue weighted by molar-refractivity contribution is 9.10. The normalized spacial score (nSPS) is 15.1. The van der Waals surface area contributed by atoms with Crippen LogP contribution in [0.15, 0.2) is 63.8 Å². The number of ether oxygens (including phenoxy) is 3. The summed E-state index contributed by atoms with van der Waals surface area (Å²) in [6, 6.07) is 12.6. The van der Waals surface area contributed by atoms with E-state index in [1.807, 2.05) is 12.1 Å². The van der Waals surface area contributed by atoms with E-state index < -0.39 is 5.97 Å². The van der Waals surface area contributed by atoms with Crippen LogP contribution in [-0.2, 0) is 14.3 Å². The molecule has 7 heteroatoms. The first-order chi connectivity index (χ1) is 13.9. The molecule has 1 amide bonds. The topological polar surface area (TPSA) is 65.1 Å². The van der Waals surface area contributed by atoms with Crippen molar-refractivity contribution in [2.75, 3.05) is 26.2 Å². The number of rotatable bonds is 5. The summed E-state index contributed by atoms with van der Waals surface area (Å²) >= 11 is 3.39. The van der Waals surface area contributed by atoms with Crippen LogP contribution in [0.5, 0.6) is 11.5 Å². The van der Waals surface area contributed by atoms with E-state index in [4.69, 9.17) is 14.2 Å². The van der Waals surface area contributed by atoms with Gasteiger partial charge in [-0.15, -0.1) is 0 Å². The second-order valence-corrected chi connectivity index (χ2v) is 7.13. The van der Waals surface area contributed by atoms with Gasteiger partial charge in [0.2, 0.25) is 0 Å². The number of anilines is 1. The Morgan fingerprint density at radius 1 is 1.03 bits per heavy atom. The summed E-state index contributed by atoms with van der Waals surface area (Å²) in [6.07, 6.45) is 1.62. The van der Waals surface area contributed by atoms with Gasteiger partial charge in [0, 0.05) is 21.4 Å². The predicted octanol–water partition coefficient (Wildman–Crippen LogP) is 4.34. The lowest BCUT2D eigenvalue weighted by atomic mass is 10.0. The molecular formula is C22H20BrNO5. The van der Waals surface area contributed by atoms with E-state index in [1.165, 1.54) is 26.2 Å². The minimum atomic E-state index is -0.580. The first-order valence-corrected chi connectivity index (χ1v) is 9.54. The van der Waals surface area contributed by atoms with Gasteiger partial charge < -0.3 is 14.2 Å². The minimum Gasteiger partial charge on any atom is -0.493 e. The molecule has 0 bridgehead atoms.